The molecule has 4 rings (SSSR count). The van der Waals surface area contributed by atoms with Gasteiger partial charge in [-0.05, 0) is 55.8 Å². The van der Waals surface area contributed by atoms with Crippen molar-refractivity contribution in [2.75, 3.05) is 13.7 Å². The van der Waals surface area contributed by atoms with Crippen LogP contribution in [0.3, 0.4) is 0 Å². The molecule has 19 heavy (non-hydrogen) atoms. The van der Waals surface area contributed by atoms with Crippen molar-refractivity contribution in [2.45, 2.75) is 44.4 Å². The summed E-state index contributed by atoms with van der Waals surface area (Å²) in [6.07, 6.45) is 3.69. The van der Waals surface area contributed by atoms with E-state index < -0.39 is 17.3 Å². The molecule has 5 heteroatoms. The second-order valence-corrected chi connectivity index (χ2v) is 6.97. The Kier molecular flexibility index (Phi) is 2.73. The van der Waals surface area contributed by atoms with Crippen molar-refractivity contribution >= 4 is 5.97 Å². The topological polar surface area (TPSA) is 46.5 Å². The van der Waals surface area contributed by atoms with E-state index in [0.29, 0.717) is 12.8 Å². The minimum Gasteiger partial charge on any atom is -0.465 e. The van der Waals surface area contributed by atoms with Gasteiger partial charge in [0.1, 0.15) is 0 Å². The number of alkyl halides is 2. The monoisotopic (exact) mass is 274 g/mol. The summed E-state index contributed by atoms with van der Waals surface area (Å²) < 4.78 is 33.3. The van der Waals surface area contributed by atoms with Gasteiger partial charge in [0, 0.05) is 12.0 Å². The van der Waals surface area contributed by atoms with Crippen LogP contribution in [0.4, 0.5) is 8.78 Å². The van der Waals surface area contributed by atoms with Crippen LogP contribution >= 0.6 is 0 Å². The first-order valence-electron chi connectivity index (χ1n) is 6.94. The molecule has 4 aliphatic carbocycles. The Labute approximate surface area is 111 Å². The predicted molar refractivity (Wildman–Crippen MR) is 63.6 cm³/mol. The lowest BCUT2D eigenvalue weighted by atomic mass is 9.43. The minimum absolute atomic E-state index is 0.0427. The van der Waals surface area contributed by atoms with Crippen LogP contribution in [0.5, 0.6) is 0 Å². The van der Waals surface area contributed by atoms with Crippen LogP contribution in [0, 0.1) is 22.7 Å². The Hall–Kier alpha value is -0.710. The summed E-state index contributed by atoms with van der Waals surface area (Å²) in [7, 11) is 1.01. The fourth-order valence-electron chi connectivity index (χ4n) is 5.35. The number of esters is 1. The van der Waals surface area contributed by atoms with Crippen LogP contribution in [0.2, 0.25) is 0 Å². The Morgan fingerprint density at radius 2 is 1.89 bits per heavy atom. The molecule has 0 amide bonds. The van der Waals surface area contributed by atoms with Crippen LogP contribution in [0.15, 0.2) is 0 Å². The molecule has 2 atom stereocenters. The van der Waals surface area contributed by atoms with Crippen LogP contribution in [-0.4, -0.2) is 30.7 Å². The summed E-state index contributed by atoms with van der Waals surface area (Å²) in [5.41, 5.74) is -1.67. The molecular formula is C14H20F2O3. The number of carbonyl (C=O) groups excluding carboxylic acids is 1. The first kappa shape index (κ1) is 13.3. The van der Waals surface area contributed by atoms with Crippen molar-refractivity contribution in [1.29, 1.82) is 0 Å². The fraction of sp³-hybridized carbons (Fsp3) is 0.929. The largest absolute Gasteiger partial charge is 0.465 e. The molecule has 4 fully saturated rings. The summed E-state index contributed by atoms with van der Waals surface area (Å²) in [4.78, 5) is 11.5. The van der Waals surface area contributed by atoms with Gasteiger partial charge in [0.05, 0.1) is 7.11 Å². The van der Waals surface area contributed by atoms with E-state index in [1.807, 2.05) is 0 Å². The highest BCUT2D eigenvalue weighted by atomic mass is 19.3. The second-order valence-electron chi connectivity index (χ2n) is 6.97. The molecule has 0 spiro atoms. The van der Waals surface area contributed by atoms with Gasteiger partial charge in [-0.25, -0.2) is 4.79 Å². The molecule has 0 aromatic carbocycles. The Morgan fingerprint density at radius 3 is 2.37 bits per heavy atom. The van der Waals surface area contributed by atoms with Crippen LogP contribution in [0.1, 0.15) is 38.5 Å². The van der Waals surface area contributed by atoms with Crippen molar-refractivity contribution in [3.63, 3.8) is 0 Å². The van der Waals surface area contributed by atoms with Gasteiger partial charge in [0.15, 0.2) is 0 Å². The van der Waals surface area contributed by atoms with E-state index in [9.17, 15) is 18.7 Å². The molecule has 4 saturated carbocycles. The molecule has 4 aliphatic rings. The molecular weight excluding hydrogens is 254 g/mol. The fourth-order valence-corrected chi connectivity index (χ4v) is 5.35. The smallest absolute Gasteiger partial charge is 0.377 e. The quantitative estimate of drug-likeness (QED) is 0.804. The summed E-state index contributed by atoms with van der Waals surface area (Å²) in [5, 5.41) is 9.65. The third-order valence-corrected chi connectivity index (χ3v) is 5.63. The molecule has 0 radical (unpaired) electrons. The second kappa shape index (κ2) is 3.90. The van der Waals surface area contributed by atoms with E-state index >= 15 is 0 Å². The van der Waals surface area contributed by atoms with Crippen molar-refractivity contribution < 1.29 is 23.4 Å². The van der Waals surface area contributed by atoms with Crippen molar-refractivity contribution in [3.05, 3.63) is 0 Å². The number of hydrogen-bond acceptors (Lipinski definition) is 3. The molecule has 0 aromatic heterocycles. The zero-order valence-electron chi connectivity index (χ0n) is 11.1. The molecule has 4 bridgehead atoms. The standard InChI is InChI=1S/C14H20F2O3/c1-19-11(18)14(15,16)13-5-9-2-10(6-13)4-12(3-9,7-13)8-17/h9-10,17H,2-8H2,1H3. The predicted octanol–water partition coefficient (Wildman–Crippen LogP) is 2.37. The summed E-state index contributed by atoms with van der Waals surface area (Å²) >= 11 is 0. The number of methoxy groups -OCH3 is 1. The van der Waals surface area contributed by atoms with E-state index in [-0.39, 0.29) is 30.3 Å². The number of aliphatic hydroxyl groups is 1. The number of hydrogen-bond donors (Lipinski definition) is 1. The highest BCUT2D eigenvalue weighted by Gasteiger charge is 2.69. The lowest BCUT2D eigenvalue weighted by molar-refractivity contribution is -0.240. The van der Waals surface area contributed by atoms with Crippen LogP contribution in [0.25, 0.3) is 0 Å². The van der Waals surface area contributed by atoms with Gasteiger partial charge in [-0.1, -0.05) is 0 Å². The molecule has 0 aliphatic heterocycles. The molecule has 2 unspecified atom stereocenters. The number of rotatable bonds is 3. The van der Waals surface area contributed by atoms with Crippen LogP contribution < -0.4 is 0 Å². The van der Waals surface area contributed by atoms with E-state index in [0.717, 1.165) is 26.4 Å². The third kappa shape index (κ3) is 1.66. The van der Waals surface area contributed by atoms with E-state index in [1.165, 1.54) is 0 Å². The van der Waals surface area contributed by atoms with Crippen LogP contribution in [-0.2, 0) is 9.53 Å². The van der Waals surface area contributed by atoms with Gasteiger partial charge in [0.2, 0.25) is 0 Å². The maximum atomic E-state index is 14.5. The SMILES string of the molecule is COC(=O)C(F)(F)C12CC3CC(CC(CO)(C3)C1)C2. The van der Waals surface area contributed by atoms with Gasteiger partial charge in [0.25, 0.3) is 0 Å². The van der Waals surface area contributed by atoms with Crippen molar-refractivity contribution in [1.82, 2.24) is 0 Å². The number of halogens is 2. The molecule has 0 heterocycles. The Balaban J connectivity index is 1.98. The first-order chi connectivity index (χ1) is 8.86. The molecule has 1 N–H and O–H groups in total. The van der Waals surface area contributed by atoms with E-state index in [1.54, 1.807) is 0 Å². The summed E-state index contributed by atoms with van der Waals surface area (Å²) in [5.74, 6) is -4.39. The van der Waals surface area contributed by atoms with Crippen molar-refractivity contribution in [3.8, 4) is 0 Å². The normalized spacial score (nSPS) is 44.4. The molecule has 3 nitrogen and oxygen atoms in total. The molecule has 0 saturated heterocycles. The number of aliphatic hydroxyl groups excluding tert-OH is 1. The van der Waals surface area contributed by atoms with Gasteiger partial charge in [-0.15, -0.1) is 0 Å². The van der Waals surface area contributed by atoms with E-state index in [4.69, 9.17) is 0 Å². The third-order valence-electron chi connectivity index (χ3n) is 5.63. The molecule has 108 valence electrons. The summed E-state index contributed by atoms with van der Waals surface area (Å²) in [6.45, 7) is -0.0427. The highest BCUT2D eigenvalue weighted by Crippen LogP contribution is 2.69. The maximum Gasteiger partial charge on any atom is 0.377 e. The van der Waals surface area contributed by atoms with Crippen molar-refractivity contribution in [2.24, 2.45) is 22.7 Å². The average molecular weight is 274 g/mol. The maximum absolute atomic E-state index is 14.5. The lowest BCUT2D eigenvalue weighted by Crippen LogP contribution is -2.61. The highest BCUT2D eigenvalue weighted by molar-refractivity contribution is 5.78. The number of carbonyl (C=O) groups is 1. The lowest BCUT2D eigenvalue weighted by Gasteiger charge is -2.62. The van der Waals surface area contributed by atoms with Gasteiger partial charge < -0.3 is 9.84 Å². The van der Waals surface area contributed by atoms with Gasteiger partial charge in [-0.2, -0.15) is 8.78 Å². The Morgan fingerprint density at radius 1 is 1.32 bits per heavy atom. The Bertz CT molecular complexity index is 393. The first-order valence-corrected chi connectivity index (χ1v) is 6.94. The minimum atomic E-state index is -3.43. The van der Waals surface area contributed by atoms with Gasteiger partial charge >= 0.3 is 11.9 Å². The number of ether oxygens (including phenoxy) is 1. The zero-order valence-corrected chi connectivity index (χ0v) is 11.1. The average Bonchev–Trinajstić information content (AvgIpc) is 2.36. The molecule has 0 aromatic rings. The van der Waals surface area contributed by atoms with E-state index in [2.05, 4.69) is 4.74 Å². The zero-order chi connectivity index (χ0) is 13.9. The van der Waals surface area contributed by atoms with Gasteiger partial charge in [-0.3, -0.25) is 0 Å². The summed E-state index contributed by atoms with van der Waals surface area (Å²) in [6, 6.07) is 0.